The van der Waals surface area contributed by atoms with Gasteiger partial charge in [-0.25, -0.2) is 4.79 Å². The predicted molar refractivity (Wildman–Crippen MR) is 38.2 cm³/mol. The first kappa shape index (κ1) is 11.1. The van der Waals surface area contributed by atoms with Crippen molar-refractivity contribution >= 4 is 5.97 Å². The van der Waals surface area contributed by atoms with Crippen LogP contribution in [0.3, 0.4) is 0 Å². The van der Waals surface area contributed by atoms with E-state index in [-0.39, 0.29) is 0 Å². The summed E-state index contributed by atoms with van der Waals surface area (Å²) in [6, 6.07) is 0. The van der Waals surface area contributed by atoms with Crippen molar-refractivity contribution < 1.29 is 9.53 Å². The van der Waals surface area contributed by atoms with E-state index < -0.39 is 5.97 Å². The van der Waals surface area contributed by atoms with Crippen LogP contribution in [-0.4, -0.2) is 13.1 Å². The maximum Gasteiger partial charge on any atom is 0.329 e. The highest BCUT2D eigenvalue weighted by Gasteiger charge is 1.81. The molecule has 0 aromatic heterocycles. The molecule has 9 heavy (non-hydrogen) atoms. The molecule has 0 amide bonds. The number of hydrogen-bond donors (Lipinski definition) is 0. The Morgan fingerprint density at radius 1 is 1.67 bits per heavy atom. The second kappa shape index (κ2) is 10.2. The molecule has 0 aliphatic heterocycles. The molecule has 0 heterocycles. The van der Waals surface area contributed by atoms with Crippen molar-refractivity contribution in [1.29, 1.82) is 0 Å². The molecule has 0 rings (SSSR count). The van der Waals surface area contributed by atoms with Gasteiger partial charge in [0.2, 0.25) is 0 Å². The number of methoxy groups -OCH3 is 1. The van der Waals surface area contributed by atoms with Gasteiger partial charge in [0.25, 0.3) is 0 Å². The lowest BCUT2D eigenvalue weighted by Gasteiger charge is -1.83. The molecule has 0 spiro atoms. The van der Waals surface area contributed by atoms with Crippen LogP contribution in [0.5, 0.6) is 0 Å². The van der Waals surface area contributed by atoms with Crippen molar-refractivity contribution in [1.82, 2.24) is 0 Å². The third kappa shape index (κ3) is 19.0. The first-order chi connectivity index (χ1) is 4.22. The van der Waals surface area contributed by atoms with Gasteiger partial charge in [0.1, 0.15) is 0 Å². The molecule has 54 valence electrons. The summed E-state index contributed by atoms with van der Waals surface area (Å²) in [5.41, 5.74) is 0. The summed E-state index contributed by atoms with van der Waals surface area (Å²) in [5.74, 6) is -0.394. The number of rotatable bonds is 1. The molecule has 0 atom stereocenters. The van der Waals surface area contributed by atoms with Crippen molar-refractivity contribution in [3.63, 3.8) is 0 Å². The van der Waals surface area contributed by atoms with Crippen molar-refractivity contribution in [2.75, 3.05) is 7.11 Å². The van der Waals surface area contributed by atoms with E-state index in [0.29, 0.717) is 0 Å². The average molecular weight is 130 g/mol. The molecule has 0 aromatic carbocycles. The third-order valence-electron chi connectivity index (χ3n) is 0.368. The quantitative estimate of drug-likeness (QED) is 0.399. The number of esters is 1. The number of hydrogen-bond acceptors (Lipinski definition) is 2. The van der Waals surface area contributed by atoms with Gasteiger partial charge in [-0.15, -0.1) is 0 Å². The van der Waals surface area contributed by atoms with E-state index in [9.17, 15) is 4.79 Å². The zero-order valence-corrected chi connectivity index (χ0v) is 6.31. The highest BCUT2D eigenvalue weighted by Crippen LogP contribution is 1.67. The number of carbonyl (C=O) groups excluding carboxylic acids is 1. The molecule has 0 N–H and O–H groups in total. The fourth-order valence-corrected chi connectivity index (χ4v) is 0.0833. The minimum atomic E-state index is -0.394. The van der Waals surface area contributed by atoms with E-state index >= 15 is 0 Å². The summed E-state index contributed by atoms with van der Waals surface area (Å²) in [6.45, 7) is 7.41. The maximum atomic E-state index is 9.84. The van der Waals surface area contributed by atoms with Gasteiger partial charge < -0.3 is 4.74 Å². The van der Waals surface area contributed by atoms with Crippen molar-refractivity contribution in [3.05, 3.63) is 12.7 Å². The second-order valence-corrected chi connectivity index (χ2v) is 1.43. The zero-order valence-electron chi connectivity index (χ0n) is 6.31. The van der Waals surface area contributed by atoms with E-state index in [1.54, 1.807) is 0 Å². The van der Waals surface area contributed by atoms with Gasteiger partial charge in [0, 0.05) is 6.08 Å². The van der Waals surface area contributed by atoms with Crippen LogP contribution in [0, 0.1) is 0 Å². The van der Waals surface area contributed by atoms with Crippen molar-refractivity contribution in [2.24, 2.45) is 0 Å². The summed E-state index contributed by atoms with van der Waals surface area (Å²) < 4.78 is 4.14. The first-order valence-corrected chi connectivity index (χ1v) is 2.93. The molecule has 0 aliphatic rings. The minimum absolute atomic E-state index is 0.394. The monoisotopic (exact) mass is 130 g/mol. The summed E-state index contributed by atoms with van der Waals surface area (Å²) in [4.78, 5) is 9.84. The Labute approximate surface area is 56.5 Å². The topological polar surface area (TPSA) is 26.3 Å². The van der Waals surface area contributed by atoms with Crippen LogP contribution in [0.1, 0.15) is 20.3 Å². The summed E-state index contributed by atoms with van der Waals surface area (Å²) in [6.07, 6.45) is 2.36. The molecule has 0 aliphatic carbocycles. The lowest BCUT2D eigenvalue weighted by Crippen LogP contribution is -1.91. The van der Waals surface area contributed by atoms with Gasteiger partial charge in [0.15, 0.2) is 0 Å². The lowest BCUT2D eigenvalue weighted by atomic mass is 10.6. The number of ether oxygens (including phenoxy) is 1. The Balaban J connectivity index is 0. The van der Waals surface area contributed by atoms with Gasteiger partial charge in [0.05, 0.1) is 7.11 Å². The molecular formula is C7H14O2. The van der Waals surface area contributed by atoms with Crippen LogP contribution in [0.2, 0.25) is 0 Å². The second-order valence-electron chi connectivity index (χ2n) is 1.43. The standard InChI is InChI=1S/C4H6O2.C3H8/c1-3-4(5)6-2;1-3-2/h3H,1H2,2H3;3H2,1-2H3. The summed E-state index contributed by atoms with van der Waals surface area (Å²) in [7, 11) is 1.31. The highest BCUT2D eigenvalue weighted by atomic mass is 16.5. The normalized spacial score (nSPS) is 6.56. The van der Waals surface area contributed by atoms with Crippen LogP contribution in [-0.2, 0) is 9.53 Å². The first-order valence-electron chi connectivity index (χ1n) is 2.93. The molecule has 2 heteroatoms. The zero-order chi connectivity index (χ0) is 7.70. The molecular weight excluding hydrogens is 116 g/mol. The SMILES string of the molecule is C=CC(=O)OC.CCC. The summed E-state index contributed by atoms with van der Waals surface area (Å²) >= 11 is 0. The van der Waals surface area contributed by atoms with E-state index in [4.69, 9.17) is 0 Å². The lowest BCUT2D eigenvalue weighted by molar-refractivity contribution is -0.134. The maximum absolute atomic E-state index is 9.84. The minimum Gasteiger partial charge on any atom is -0.466 e. The van der Waals surface area contributed by atoms with Crippen LogP contribution in [0.15, 0.2) is 12.7 Å². The molecule has 2 nitrogen and oxygen atoms in total. The van der Waals surface area contributed by atoms with Gasteiger partial charge in [-0.2, -0.15) is 0 Å². The van der Waals surface area contributed by atoms with Crippen LogP contribution < -0.4 is 0 Å². The Kier molecular flexibility index (Phi) is 12.6. The van der Waals surface area contributed by atoms with Gasteiger partial charge in [-0.05, 0) is 0 Å². The molecule has 0 fully saturated rings. The smallest absolute Gasteiger partial charge is 0.329 e. The van der Waals surface area contributed by atoms with Crippen LogP contribution in [0.4, 0.5) is 0 Å². The van der Waals surface area contributed by atoms with Crippen LogP contribution in [0.25, 0.3) is 0 Å². The molecule has 0 saturated carbocycles. The predicted octanol–water partition coefficient (Wildman–Crippen LogP) is 1.76. The Hall–Kier alpha value is -0.790. The fourth-order valence-electron chi connectivity index (χ4n) is 0.0833. The Morgan fingerprint density at radius 2 is 2.00 bits per heavy atom. The van der Waals surface area contributed by atoms with Crippen LogP contribution >= 0.6 is 0 Å². The largest absolute Gasteiger partial charge is 0.466 e. The van der Waals surface area contributed by atoms with Gasteiger partial charge in [-0.3, -0.25) is 0 Å². The van der Waals surface area contributed by atoms with E-state index in [1.807, 2.05) is 0 Å². The van der Waals surface area contributed by atoms with E-state index in [0.717, 1.165) is 6.08 Å². The Morgan fingerprint density at radius 3 is 2.00 bits per heavy atom. The average Bonchev–Trinajstić information content (AvgIpc) is 1.88. The highest BCUT2D eigenvalue weighted by molar-refractivity contribution is 5.80. The van der Waals surface area contributed by atoms with E-state index in [1.165, 1.54) is 13.5 Å². The molecule has 0 aromatic rings. The van der Waals surface area contributed by atoms with E-state index in [2.05, 4.69) is 25.2 Å². The molecule has 0 bridgehead atoms. The van der Waals surface area contributed by atoms with Crippen molar-refractivity contribution in [2.45, 2.75) is 20.3 Å². The fraction of sp³-hybridized carbons (Fsp3) is 0.571. The van der Waals surface area contributed by atoms with Gasteiger partial charge in [-0.1, -0.05) is 26.8 Å². The molecule has 0 saturated heterocycles. The van der Waals surface area contributed by atoms with Crippen molar-refractivity contribution in [3.8, 4) is 0 Å². The third-order valence-corrected chi connectivity index (χ3v) is 0.368. The molecule has 0 unspecified atom stereocenters. The summed E-state index contributed by atoms with van der Waals surface area (Å²) in [5, 5.41) is 0. The molecule has 0 radical (unpaired) electrons. The number of carbonyl (C=O) groups is 1. The Bertz CT molecular complexity index is 77.0. The van der Waals surface area contributed by atoms with Gasteiger partial charge >= 0.3 is 5.97 Å².